The molecule has 4 heteroatoms. The molecule has 0 saturated carbocycles. The van der Waals surface area contributed by atoms with Gasteiger partial charge in [-0.25, -0.2) is 0 Å². The van der Waals surface area contributed by atoms with Gasteiger partial charge in [0.05, 0.1) is 6.54 Å². The fraction of sp³-hybridized carbons (Fsp3) is 0.529. The van der Waals surface area contributed by atoms with Crippen LogP contribution in [-0.4, -0.2) is 41.8 Å². The molecule has 4 nitrogen and oxygen atoms in total. The Labute approximate surface area is 126 Å². The van der Waals surface area contributed by atoms with Gasteiger partial charge in [0.2, 0.25) is 5.91 Å². The molecule has 1 aromatic carbocycles. The molecule has 0 spiro atoms. The number of carbonyl (C=O) groups is 2. The highest BCUT2D eigenvalue weighted by Gasteiger charge is 2.28. The molecule has 1 aliphatic heterocycles. The second-order valence-corrected chi connectivity index (χ2v) is 5.98. The fourth-order valence-electron chi connectivity index (χ4n) is 2.84. The molecule has 1 amide bonds. The van der Waals surface area contributed by atoms with Crippen molar-refractivity contribution in [3.8, 4) is 0 Å². The van der Waals surface area contributed by atoms with E-state index < -0.39 is 0 Å². The molecule has 1 aromatic rings. The van der Waals surface area contributed by atoms with Gasteiger partial charge in [-0.15, -0.1) is 0 Å². The molecule has 0 unspecified atom stereocenters. The molecule has 1 atom stereocenters. The molecule has 21 heavy (non-hydrogen) atoms. The molecule has 0 aliphatic carbocycles. The van der Waals surface area contributed by atoms with Crippen molar-refractivity contribution in [2.75, 3.05) is 13.1 Å². The molecular weight excluding hydrogens is 264 g/mol. The minimum atomic E-state index is 0.0454. The largest absolute Gasteiger partial charge is 0.353 e. The second-order valence-electron chi connectivity index (χ2n) is 5.98. The van der Waals surface area contributed by atoms with E-state index in [1.807, 2.05) is 44.2 Å². The van der Waals surface area contributed by atoms with E-state index in [1.165, 1.54) is 0 Å². The van der Waals surface area contributed by atoms with E-state index in [2.05, 4.69) is 10.2 Å². The first-order valence-electron chi connectivity index (χ1n) is 7.68. The van der Waals surface area contributed by atoms with Gasteiger partial charge in [-0.2, -0.15) is 0 Å². The Kier molecular flexibility index (Phi) is 5.51. The van der Waals surface area contributed by atoms with Crippen molar-refractivity contribution in [2.24, 2.45) is 0 Å². The Morgan fingerprint density at radius 3 is 2.67 bits per heavy atom. The second kappa shape index (κ2) is 7.36. The summed E-state index contributed by atoms with van der Waals surface area (Å²) < 4.78 is 0. The molecule has 1 saturated heterocycles. The topological polar surface area (TPSA) is 49.4 Å². The highest BCUT2D eigenvalue weighted by molar-refractivity contribution is 5.96. The Balaban J connectivity index is 1.90. The molecule has 0 radical (unpaired) electrons. The summed E-state index contributed by atoms with van der Waals surface area (Å²) in [6.07, 6.45) is 2.55. The van der Waals surface area contributed by atoms with E-state index in [0.717, 1.165) is 24.9 Å². The average molecular weight is 288 g/mol. The van der Waals surface area contributed by atoms with Crippen molar-refractivity contribution in [3.05, 3.63) is 35.9 Å². The first-order chi connectivity index (χ1) is 10.1. The number of rotatable bonds is 6. The number of nitrogens with one attached hydrogen (secondary N) is 1. The smallest absolute Gasteiger partial charge is 0.234 e. The van der Waals surface area contributed by atoms with Crippen LogP contribution in [0, 0.1) is 0 Å². The van der Waals surface area contributed by atoms with Gasteiger partial charge in [-0.05, 0) is 33.2 Å². The van der Waals surface area contributed by atoms with Crippen LogP contribution < -0.4 is 5.32 Å². The zero-order chi connectivity index (χ0) is 15.2. The number of likely N-dealkylation sites (tertiary alicyclic amines) is 1. The first kappa shape index (κ1) is 15.7. The Morgan fingerprint density at radius 2 is 2.00 bits per heavy atom. The van der Waals surface area contributed by atoms with Crippen LogP contribution in [0.2, 0.25) is 0 Å². The zero-order valence-corrected chi connectivity index (χ0v) is 12.8. The summed E-state index contributed by atoms with van der Waals surface area (Å²) in [5.74, 6) is 0.209. The maximum absolute atomic E-state index is 12.3. The minimum absolute atomic E-state index is 0.0454. The van der Waals surface area contributed by atoms with Crippen molar-refractivity contribution in [1.29, 1.82) is 0 Å². The van der Waals surface area contributed by atoms with Crippen LogP contribution in [0.3, 0.4) is 0 Å². The van der Waals surface area contributed by atoms with E-state index in [-0.39, 0.29) is 23.8 Å². The van der Waals surface area contributed by atoms with Gasteiger partial charge < -0.3 is 5.32 Å². The van der Waals surface area contributed by atoms with E-state index in [0.29, 0.717) is 13.0 Å². The normalized spacial score (nSPS) is 18.9. The highest BCUT2D eigenvalue weighted by Crippen LogP contribution is 2.21. The number of benzene rings is 1. The van der Waals surface area contributed by atoms with Gasteiger partial charge in [-0.3, -0.25) is 14.5 Å². The number of carbonyl (C=O) groups excluding carboxylic acids is 2. The molecule has 2 rings (SSSR count). The van der Waals surface area contributed by atoms with E-state index in [9.17, 15) is 9.59 Å². The molecule has 1 aliphatic rings. The number of nitrogens with zero attached hydrogens (tertiary/aromatic N) is 1. The number of hydrogen-bond acceptors (Lipinski definition) is 3. The number of ketones is 1. The lowest BCUT2D eigenvalue weighted by Crippen LogP contribution is -2.42. The summed E-state index contributed by atoms with van der Waals surface area (Å²) >= 11 is 0. The monoisotopic (exact) mass is 288 g/mol. The lowest BCUT2D eigenvalue weighted by Gasteiger charge is -2.23. The maximum Gasteiger partial charge on any atom is 0.234 e. The summed E-state index contributed by atoms with van der Waals surface area (Å²) in [7, 11) is 0. The quantitative estimate of drug-likeness (QED) is 0.817. The molecule has 1 heterocycles. The van der Waals surface area contributed by atoms with Gasteiger partial charge in [-0.1, -0.05) is 30.3 Å². The third-order valence-electron chi connectivity index (χ3n) is 3.81. The van der Waals surface area contributed by atoms with E-state index >= 15 is 0 Å². The lowest BCUT2D eigenvalue weighted by atomic mass is 10.0. The number of Topliss-reactive ketones (excluding diaryl/α,β-unsaturated/α-hetero) is 1. The Bertz CT molecular complexity index is 485. The van der Waals surface area contributed by atoms with Crippen LogP contribution in [0.4, 0.5) is 0 Å². The van der Waals surface area contributed by atoms with Crippen LogP contribution in [-0.2, 0) is 4.79 Å². The van der Waals surface area contributed by atoms with Crippen molar-refractivity contribution < 1.29 is 9.59 Å². The zero-order valence-electron chi connectivity index (χ0n) is 12.8. The van der Waals surface area contributed by atoms with Crippen LogP contribution in [0.1, 0.15) is 43.5 Å². The molecule has 1 N–H and O–H groups in total. The van der Waals surface area contributed by atoms with Gasteiger partial charge in [0.1, 0.15) is 0 Å². The van der Waals surface area contributed by atoms with Crippen molar-refractivity contribution in [2.45, 2.75) is 45.2 Å². The maximum atomic E-state index is 12.3. The molecule has 0 bridgehead atoms. The predicted molar refractivity (Wildman–Crippen MR) is 83.3 cm³/mol. The summed E-state index contributed by atoms with van der Waals surface area (Å²) in [4.78, 5) is 26.3. The van der Waals surface area contributed by atoms with Gasteiger partial charge in [0.25, 0.3) is 0 Å². The first-order valence-corrected chi connectivity index (χ1v) is 7.68. The molecule has 0 aromatic heterocycles. The molecular formula is C17H24N2O2. The van der Waals surface area contributed by atoms with Gasteiger partial charge in [0.15, 0.2) is 5.78 Å². The summed E-state index contributed by atoms with van der Waals surface area (Å²) in [6.45, 7) is 5.21. The Hall–Kier alpha value is -1.68. The average Bonchev–Trinajstić information content (AvgIpc) is 2.86. The minimum Gasteiger partial charge on any atom is -0.353 e. The number of hydrogen-bond donors (Lipinski definition) is 1. The summed E-state index contributed by atoms with van der Waals surface area (Å²) in [5.41, 5.74) is 0.760. The van der Waals surface area contributed by atoms with Crippen LogP contribution >= 0.6 is 0 Å². The third-order valence-corrected chi connectivity index (χ3v) is 3.81. The molecule has 1 fully saturated rings. The van der Waals surface area contributed by atoms with Crippen LogP contribution in [0.15, 0.2) is 30.3 Å². The van der Waals surface area contributed by atoms with E-state index in [1.54, 1.807) is 0 Å². The van der Waals surface area contributed by atoms with Crippen LogP contribution in [0.5, 0.6) is 0 Å². The van der Waals surface area contributed by atoms with Crippen LogP contribution in [0.25, 0.3) is 0 Å². The van der Waals surface area contributed by atoms with Crippen molar-refractivity contribution in [1.82, 2.24) is 10.2 Å². The fourth-order valence-corrected chi connectivity index (χ4v) is 2.84. The van der Waals surface area contributed by atoms with Crippen molar-refractivity contribution >= 4 is 11.7 Å². The third kappa shape index (κ3) is 4.67. The van der Waals surface area contributed by atoms with Gasteiger partial charge >= 0.3 is 0 Å². The summed E-state index contributed by atoms with van der Waals surface area (Å²) in [5, 5.41) is 2.91. The standard InChI is InChI=1S/C17H24N2O2/c1-13(2)18-17(21)12-19-10-6-9-15(19)11-16(20)14-7-4-3-5-8-14/h3-5,7-8,13,15H,6,9-12H2,1-2H3,(H,18,21)/t15-/m0/s1. The predicted octanol–water partition coefficient (Wildman–Crippen LogP) is 2.25. The highest BCUT2D eigenvalue weighted by atomic mass is 16.2. The van der Waals surface area contributed by atoms with Gasteiger partial charge in [0, 0.05) is 24.1 Å². The summed E-state index contributed by atoms with van der Waals surface area (Å²) in [6, 6.07) is 9.74. The lowest BCUT2D eigenvalue weighted by molar-refractivity contribution is -0.122. The SMILES string of the molecule is CC(C)NC(=O)CN1CCC[C@H]1CC(=O)c1ccccc1. The number of amides is 1. The van der Waals surface area contributed by atoms with Crippen molar-refractivity contribution in [3.63, 3.8) is 0 Å². The molecule has 114 valence electrons. The van der Waals surface area contributed by atoms with E-state index in [4.69, 9.17) is 0 Å². The Morgan fingerprint density at radius 1 is 1.29 bits per heavy atom.